The van der Waals surface area contributed by atoms with Crippen molar-refractivity contribution in [2.45, 2.75) is 13.3 Å². The Morgan fingerprint density at radius 2 is 2.05 bits per heavy atom. The summed E-state index contributed by atoms with van der Waals surface area (Å²) in [6, 6.07) is 10.3. The van der Waals surface area contributed by atoms with Gasteiger partial charge in [0.1, 0.15) is 5.82 Å². The zero-order valence-electron chi connectivity index (χ0n) is 11.3. The van der Waals surface area contributed by atoms with Crippen molar-refractivity contribution < 1.29 is 0 Å². The molecule has 5 heteroatoms. The predicted octanol–water partition coefficient (Wildman–Crippen LogP) is 4.72. The zero-order valence-corrected chi connectivity index (χ0v) is 13.7. The van der Waals surface area contributed by atoms with Crippen molar-refractivity contribution >= 4 is 44.0 Å². The molecule has 20 heavy (non-hydrogen) atoms. The molecule has 0 saturated carbocycles. The van der Waals surface area contributed by atoms with Gasteiger partial charge in [-0.05, 0) is 36.8 Å². The third-order valence-corrected chi connectivity index (χ3v) is 4.84. The van der Waals surface area contributed by atoms with E-state index >= 15 is 0 Å². The van der Waals surface area contributed by atoms with Crippen LogP contribution in [0.3, 0.4) is 0 Å². The van der Waals surface area contributed by atoms with Gasteiger partial charge in [-0.15, -0.1) is 11.3 Å². The molecule has 0 amide bonds. The van der Waals surface area contributed by atoms with Gasteiger partial charge in [0, 0.05) is 21.8 Å². The molecule has 3 rings (SSSR count). The molecule has 0 aliphatic carbocycles. The molecule has 0 unspecified atom stereocenters. The maximum Gasteiger partial charge on any atom is 0.172 e. The van der Waals surface area contributed by atoms with E-state index in [1.807, 2.05) is 25.2 Å². The van der Waals surface area contributed by atoms with Crippen LogP contribution in [0.15, 0.2) is 34.8 Å². The Labute approximate surface area is 130 Å². The Balaban J connectivity index is 2.19. The second kappa shape index (κ2) is 5.50. The fraction of sp³-hybridized carbons (Fsp3) is 0.200. The van der Waals surface area contributed by atoms with E-state index in [2.05, 4.69) is 50.3 Å². The summed E-state index contributed by atoms with van der Waals surface area (Å²) in [6.45, 7) is 2.16. The second-order valence-electron chi connectivity index (χ2n) is 4.43. The van der Waals surface area contributed by atoms with E-state index in [9.17, 15) is 0 Å². The molecule has 3 aromatic rings. The number of halogens is 1. The van der Waals surface area contributed by atoms with Crippen molar-refractivity contribution in [2.75, 3.05) is 12.4 Å². The molecule has 1 aromatic carbocycles. The summed E-state index contributed by atoms with van der Waals surface area (Å²) in [5.41, 5.74) is 0.953. The maximum absolute atomic E-state index is 4.68. The average molecular weight is 348 g/mol. The summed E-state index contributed by atoms with van der Waals surface area (Å²) in [6.07, 6.45) is 1.05. The molecule has 0 aliphatic heterocycles. The van der Waals surface area contributed by atoms with Crippen LogP contribution < -0.4 is 5.32 Å². The monoisotopic (exact) mass is 347 g/mol. The molecule has 3 nitrogen and oxygen atoms in total. The SMILES string of the molecule is CCc1ccc(-c2nc(NC)c3cc(Br)ccc3n2)s1. The number of fused-ring (bicyclic) bond motifs is 1. The van der Waals surface area contributed by atoms with Crippen molar-refractivity contribution in [3.05, 3.63) is 39.7 Å². The first-order valence-electron chi connectivity index (χ1n) is 6.45. The molecule has 0 atom stereocenters. The highest BCUT2D eigenvalue weighted by molar-refractivity contribution is 9.10. The standard InChI is InChI=1S/C15H14BrN3S/c1-3-10-5-7-13(20-10)15-18-12-6-4-9(16)8-11(12)14(17-2)19-15/h4-8H,3H2,1-2H3,(H,17,18,19). The van der Waals surface area contributed by atoms with E-state index in [1.54, 1.807) is 11.3 Å². The van der Waals surface area contributed by atoms with E-state index < -0.39 is 0 Å². The minimum Gasteiger partial charge on any atom is -0.373 e. The highest BCUT2D eigenvalue weighted by atomic mass is 79.9. The summed E-state index contributed by atoms with van der Waals surface area (Å²) in [4.78, 5) is 11.8. The number of aryl methyl sites for hydroxylation is 1. The molecule has 0 fully saturated rings. The molecule has 0 aliphatic rings. The van der Waals surface area contributed by atoms with Gasteiger partial charge in [0.25, 0.3) is 0 Å². The molecule has 2 heterocycles. The van der Waals surface area contributed by atoms with Gasteiger partial charge in [-0.25, -0.2) is 9.97 Å². The van der Waals surface area contributed by atoms with Gasteiger partial charge < -0.3 is 5.32 Å². The first kappa shape index (κ1) is 13.5. The van der Waals surface area contributed by atoms with Gasteiger partial charge in [-0.2, -0.15) is 0 Å². The van der Waals surface area contributed by atoms with E-state index in [-0.39, 0.29) is 0 Å². The van der Waals surface area contributed by atoms with Crippen LogP contribution in [0.25, 0.3) is 21.6 Å². The van der Waals surface area contributed by atoms with Crippen molar-refractivity contribution in [2.24, 2.45) is 0 Å². The lowest BCUT2D eigenvalue weighted by Crippen LogP contribution is -1.98. The number of benzene rings is 1. The van der Waals surface area contributed by atoms with E-state index in [0.717, 1.165) is 38.3 Å². The number of rotatable bonds is 3. The lowest BCUT2D eigenvalue weighted by Gasteiger charge is -2.07. The fourth-order valence-electron chi connectivity index (χ4n) is 2.09. The number of nitrogens with zero attached hydrogens (tertiary/aromatic N) is 2. The Kier molecular flexibility index (Phi) is 3.72. The third-order valence-electron chi connectivity index (χ3n) is 3.13. The first-order chi connectivity index (χ1) is 9.71. The average Bonchev–Trinajstić information content (AvgIpc) is 2.95. The largest absolute Gasteiger partial charge is 0.373 e. The van der Waals surface area contributed by atoms with Gasteiger partial charge in [0.2, 0.25) is 0 Å². The predicted molar refractivity (Wildman–Crippen MR) is 89.5 cm³/mol. The highest BCUT2D eigenvalue weighted by Gasteiger charge is 2.10. The van der Waals surface area contributed by atoms with Gasteiger partial charge in [-0.1, -0.05) is 22.9 Å². The lowest BCUT2D eigenvalue weighted by molar-refractivity contribution is 1.19. The minimum absolute atomic E-state index is 0.786. The Hall–Kier alpha value is -1.46. The van der Waals surface area contributed by atoms with Crippen LogP contribution in [0.1, 0.15) is 11.8 Å². The summed E-state index contributed by atoms with van der Waals surface area (Å²) in [7, 11) is 1.89. The molecule has 0 radical (unpaired) electrons. The molecule has 0 spiro atoms. The Morgan fingerprint density at radius 3 is 2.75 bits per heavy atom. The first-order valence-corrected chi connectivity index (χ1v) is 8.06. The van der Waals surface area contributed by atoms with Crippen LogP contribution in [0.2, 0.25) is 0 Å². The summed E-state index contributed by atoms with van der Waals surface area (Å²) < 4.78 is 1.03. The lowest BCUT2D eigenvalue weighted by atomic mass is 10.2. The summed E-state index contributed by atoms with van der Waals surface area (Å²) in [5.74, 6) is 1.65. The number of aromatic nitrogens is 2. The van der Waals surface area contributed by atoms with Gasteiger partial charge in [-0.3, -0.25) is 0 Å². The molecule has 1 N–H and O–H groups in total. The fourth-order valence-corrected chi connectivity index (χ4v) is 3.33. The zero-order chi connectivity index (χ0) is 14.1. The Bertz CT molecular complexity index is 767. The second-order valence-corrected chi connectivity index (χ2v) is 6.51. The molecule has 102 valence electrons. The summed E-state index contributed by atoms with van der Waals surface area (Å²) >= 11 is 5.25. The number of hydrogen-bond acceptors (Lipinski definition) is 4. The highest BCUT2D eigenvalue weighted by Crippen LogP contribution is 2.30. The van der Waals surface area contributed by atoms with E-state index in [1.165, 1.54) is 4.88 Å². The Morgan fingerprint density at radius 1 is 1.20 bits per heavy atom. The van der Waals surface area contributed by atoms with Gasteiger partial charge >= 0.3 is 0 Å². The van der Waals surface area contributed by atoms with Crippen LogP contribution in [-0.4, -0.2) is 17.0 Å². The van der Waals surface area contributed by atoms with Crippen LogP contribution in [-0.2, 0) is 6.42 Å². The maximum atomic E-state index is 4.68. The molecule has 0 bridgehead atoms. The molecular weight excluding hydrogens is 334 g/mol. The van der Waals surface area contributed by atoms with E-state index in [0.29, 0.717) is 0 Å². The number of anilines is 1. The van der Waals surface area contributed by atoms with Crippen LogP contribution >= 0.6 is 27.3 Å². The van der Waals surface area contributed by atoms with Crippen molar-refractivity contribution in [3.63, 3.8) is 0 Å². The number of hydrogen-bond donors (Lipinski definition) is 1. The normalized spacial score (nSPS) is 10.9. The van der Waals surface area contributed by atoms with Crippen molar-refractivity contribution in [1.82, 2.24) is 9.97 Å². The van der Waals surface area contributed by atoms with Crippen LogP contribution in [0.4, 0.5) is 5.82 Å². The molecule has 2 aromatic heterocycles. The van der Waals surface area contributed by atoms with Gasteiger partial charge in [0.05, 0.1) is 10.4 Å². The number of nitrogens with one attached hydrogen (secondary N) is 1. The van der Waals surface area contributed by atoms with Crippen molar-refractivity contribution in [3.8, 4) is 10.7 Å². The van der Waals surface area contributed by atoms with E-state index in [4.69, 9.17) is 0 Å². The topological polar surface area (TPSA) is 37.8 Å². The van der Waals surface area contributed by atoms with Gasteiger partial charge in [0.15, 0.2) is 5.82 Å². The van der Waals surface area contributed by atoms with Crippen LogP contribution in [0, 0.1) is 0 Å². The van der Waals surface area contributed by atoms with Crippen molar-refractivity contribution in [1.29, 1.82) is 0 Å². The quantitative estimate of drug-likeness (QED) is 0.744. The van der Waals surface area contributed by atoms with Crippen LogP contribution in [0.5, 0.6) is 0 Å². The molecule has 0 saturated heterocycles. The molecular formula is C15H14BrN3S. The third kappa shape index (κ3) is 2.43. The number of thiophene rings is 1. The minimum atomic E-state index is 0.786. The smallest absolute Gasteiger partial charge is 0.172 e. The summed E-state index contributed by atoms with van der Waals surface area (Å²) in [5, 5.41) is 4.19.